The molecular weight excluding hydrogens is 146 g/mol. The van der Waals surface area contributed by atoms with Crippen LogP contribution in [0.2, 0.25) is 0 Å². The fourth-order valence-corrected chi connectivity index (χ4v) is 0.880. The highest BCUT2D eigenvalue weighted by Gasteiger charge is 2.17. The van der Waals surface area contributed by atoms with Gasteiger partial charge in [-0.15, -0.1) is 0 Å². The monoisotopic (exact) mass is 159 g/mol. The van der Waals surface area contributed by atoms with E-state index in [1.807, 2.05) is 6.79 Å². The first kappa shape index (κ1) is 9.90. The van der Waals surface area contributed by atoms with Crippen LogP contribution in [0, 0.1) is 0 Å². The molecule has 1 saturated heterocycles. The quantitative estimate of drug-likeness (QED) is 0.530. The Morgan fingerprint density at radius 1 is 1.64 bits per heavy atom. The zero-order valence-electron chi connectivity index (χ0n) is 6.38. The number of urea groups is 1. The first-order chi connectivity index (χ1) is 5.34. The van der Waals surface area contributed by atoms with E-state index in [2.05, 4.69) is 5.32 Å². The number of nitrogens with zero attached hydrogens (tertiary/aromatic N) is 1. The van der Waals surface area contributed by atoms with E-state index in [0.717, 1.165) is 13.1 Å². The van der Waals surface area contributed by atoms with Gasteiger partial charge in [0, 0.05) is 26.2 Å². The summed E-state index contributed by atoms with van der Waals surface area (Å²) in [6, 6.07) is 0.0143. The molecule has 0 bridgehead atoms. The number of amides is 2. The van der Waals surface area contributed by atoms with Gasteiger partial charge in [0.15, 0.2) is 0 Å². The minimum Gasteiger partial charge on any atom is -0.336 e. The van der Waals surface area contributed by atoms with Crippen LogP contribution in [0.1, 0.15) is 0 Å². The Morgan fingerprint density at radius 3 is 2.64 bits per heavy atom. The van der Waals surface area contributed by atoms with Crippen molar-refractivity contribution in [2.45, 2.75) is 0 Å². The van der Waals surface area contributed by atoms with Crippen molar-refractivity contribution in [1.82, 2.24) is 10.2 Å². The fraction of sp³-hybridized carbons (Fsp3) is 0.667. The molecule has 0 atom stereocenters. The molecule has 2 amide bonds. The van der Waals surface area contributed by atoms with Gasteiger partial charge in [0.05, 0.1) is 0 Å². The Hall–Kier alpha value is -1.10. The number of carbonyl (C=O) groups is 2. The van der Waals surface area contributed by atoms with E-state index in [0.29, 0.717) is 13.1 Å². The topological polar surface area (TPSA) is 75.4 Å². The van der Waals surface area contributed by atoms with Crippen LogP contribution in [-0.4, -0.2) is 43.9 Å². The molecule has 0 spiro atoms. The molecule has 5 heteroatoms. The van der Waals surface area contributed by atoms with Gasteiger partial charge >= 0.3 is 6.03 Å². The number of nitrogens with two attached hydrogens (primary N) is 1. The van der Waals surface area contributed by atoms with Crippen LogP contribution >= 0.6 is 0 Å². The Balaban J connectivity index is 0.000000461. The van der Waals surface area contributed by atoms with Crippen LogP contribution in [0.3, 0.4) is 0 Å². The summed E-state index contributed by atoms with van der Waals surface area (Å²) < 4.78 is 0. The average Bonchev–Trinajstić information content (AvgIpc) is 2.42. The predicted molar refractivity (Wildman–Crippen MR) is 41.1 cm³/mol. The largest absolute Gasteiger partial charge is 0.336 e. The molecule has 0 saturated carbocycles. The van der Waals surface area contributed by atoms with E-state index in [1.54, 1.807) is 4.90 Å². The van der Waals surface area contributed by atoms with Crippen LogP contribution in [0.4, 0.5) is 4.79 Å². The first-order valence-electron chi connectivity index (χ1n) is 3.36. The maximum Gasteiger partial charge on any atom is 0.317 e. The lowest BCUT2D eigenvalue weighted by atomic mass is 10.5. The maximum absolute atomic E-state index is 10.7. The molecule has 0 aromatic heterocycles. The molecule has 11 heavy (non-hydrogen) atoms. The van der Waals surface area contributed by atoms with Crippen LogP contribution in [-0.2, 0) is 4.79 Å². The summed E-state index contributed by atoms with van der Waals surface area (Å²) in [7, 11) is 0. The van der Waals surface area contributed by atoms with Crippen molar-refractivity contribution in [2.24, 2.45) is 5.73 Å². The summed E-state index contributed by atoms with van der Waals surface area (Å²) in [5, 5.41) is 2.69. The van der Waals surface area contributed by atoms with Crippen molar-refractivity contribution in [3.63, 3.8) is 0 Å². The van der Waals surface area contributed by atoms with Crippen molar-refractivity contribution < 1.29 is 9.59 Å². The zero-order valence-corrected chi connectivity index (χ0v) is 6.38. The predicted octanol–water partition coefficient (Wildman–Crippen LogP) is -1.21. The smallest absolute Gasteiger partial charge is 0.317 e. The van der Waals surface area contributed by atoms with Crippen molar-refractivity contribution in [1.29, 1.82) is 0 Å². The molecule has 0 aliphatic carbocycles. The minimum atomic E-state index is 0.0143. The summed E-state index contributed by atoms with van der Waals surface area (Å²) in [6.07, 6.45) is 0. The second-order valence-corrected chi connectivity index (χ2v) is 2.01. The highest BCUT2D eigenvalue weighted by Crippen LogP contribution is 1.93. The van der Waals surface area contributed by atoms with Gasteiger partial charge in [-0.2, -0.15) is 0 Å². The van der Waals surface area contributed by atoms with E-state index < -0.39 is 0 Å². The molecule has 1 fully saturated rings. The lowest BCUT2D eigenvalue weighted by molar-refractivity contribution is -0.0979. The number of carbonyl (C=O) groups excluding carboxylic acids is 2. The maximum atomic E-state index is 10.7. The molecule has 0 aromatic carbocycles. The number of hydrogen-bond donors (Lipinski definition) is 2. The third-order valence-corrected chi connectivity index (χ3v) is 1.34. The van der Waals surface area contributed by atoms with E-state index in [1.165, 1.54) is 0 Å². The Labute approximate surface area is 65.5 Å². The van der Waals surface area contributed by atoms with Crippen molar-refractivity contribution in [2.75, 3.05) is 26.2 Å². The molecule has 5 nitrogen and oxygen atoms in total. The molecule has 1 aliphatic heterocycles. The highest BCUT2D eigenvalue weighted by molar-refractivity contribution is 5.76. The van der Waals surface area contributed by atoms with Gasteiger partial charge in [0.25, 0.3) is 0 Å². The minimum absolute atomic E-state index is 0.0143. The Bertz CT molecular complexity index is 129. The van der Waals surface area contributed by atoms with E-state index in [9.17, 15) is 4.79 Å². The third-order valence-electron chi connectivity index (χ3n) is 1.34. The van der Waals surface area contributed by atoms with Crippen molar-refractivity contribution in [3.05, 3.63) is 0 Å². The third kappa shape index (κ3) is 2.99. The highest BCUT2D eigenvalue weighted by atomic mass is 16.2. The van der Waals surface area contributed by atoms with Crippen LogP contribution in [0.5, 0.6) is 0 Å². The van der Waals surface area contributed by atoms with Gasteiger partial charge in [-0.05, 0) is 0 Å². The second-order valence-electron chi connectivity index (χ2n) is 2.01. The summed E-state index contributed by atoms with van der Waals surface area (Å²) in [5.41, 5.74) is 5.25. The van der Waals surface area contributed by atoms with E-state index >= 15 is 0 Å². The average molecular weight is 159 g/mol. The molecule has 3 N–H and O–H groups in total. The number of rotatable bonds is 2. The number of hydrogen-bond acceptors (Lipinski definition) is 3. The first-order valence-corrected chi connectivity index (χ1v) is 3.36. The van der Waals surface area contributed by atoms with Crippen LogP contribution in [0.25, 0.3) is 0 Å². The normalized spacial score (nSPS) is 15.4. The van der Waals surface area contributed by atoms with Gasteiger partial charge in [-0.25, -0.2) is 4.79 Å². The SMILES string of the molecule is C=O.NCCN1CCNC1=O. The summed E-state index contributed by atoms with van der Waals surface area (Å²) in [6.45, 7) is 4.79. The summed E-state index contributed by atoms with van der Waals surface area (Å²) >= 11 is 0. The fourth-order valence-electron chi connectivity index (χ4n) is 0.880. The Morgan fingerprint density at radius 2 is 2.27 bits per heavy atom. The number of nitrogens with one attached hydrogen (secondary N) is 1. The molecule has 0 radical (unpaired) electrons. The molecule has 1 aliphatic rings. The van der Waals surface area contributed by atoms with Crippen molar-refractivity contribution >= 4 is 12.8 Å². The molecule has 1 rings (SSSR count). The second kappa shape index (κ2) is 5.67. The lowest BCUT2D eigenvalue weighted by Crippen LogP contribution is -2.32. The van der Waals surface area contributed by atoms with Crippen LogP contribution < -0.4 is 11.1 Å². The standard InChI is InChI=1S/C5H11N3O.CH2O/c6-1-3-8-4-2-7-5(8)9;1-2/h1-4,6H2,(H,7,9);1H2. The molecule has 0 aromatic rings. The molecule has 64 valence electrons. The Kier molecular flexibility index (Phi) is 5.10. The van der Waals surface area contributed by atoms with Gasteiger partial charge in [0.2, 0.25) is 0 Å². The molecule has 1 heterocycles. The summed E-state index contributed by atoms with van der Waals surface area (Å²) in [4.78, 5) is 20.4. The van der Waals surface area contributed by atoms with E-state index in [4.69, 9.17) is 10.5 Å². The van der Waals surface area contributed by atoms with Gasteiger partial charge in [-0.3, -0.25) is 0 Å². The molecule has 0 unspecified atom stereocenters. The van der Waals surface area contributed by atoms with Gasteiger partial charge in [0.1, 0.15) is 6.79 Å². The van der Waals surface area contributed by atoms with Gasteiger partial charge < -0.3 is 20.7 Å². The van der Waals surface area contributed by atoms with Crippen molar-refractivity contribution in [3.8, 4) is 0 Å². The van der Waals surface area contributed by atoms with Gasteiger partial charge in [-0.1, -0.05) is 0 Å². The van der Waals surface area contributed by atoms with Crippen LogP contribution in [0.15, 0.2) is 0 Å². The summed E-state index contributed by atoms with van der Waals surface area (Å²) in [5.74, 6) is 0. The molecular formula is C6H13N3O2. The lowest BCUT2D eigenvalue weighted by Gasteiger charge is -2.10. The zero-order chi connectivity index (χ0) is 8.69. The van der Waals surface area contributed by atoms with E-state index in [-0.39, 0.29) is 6.03 Å².